The fraction of sp³-hybridized carbons (Fsp3) is 0.938. The Hall–Kier alpha value is -0.650. The molecule has 0 radical (unpaired) electrons. The maximum Gasteiger partial charge on any atom is 0.107 e. The van der Waals surface area contributed by atoms with Gasteiger partial charge in [-0.1, -0.05) is 12.8 Å². The van der Waals surface area contributed by atoms with Crippen LogP contribution in [0.25, 0.3) is 0 Å². The van der Waals surface area contributed by atoms with E-state index < -0.39 is 0 Å². The zero-order valence-electron chi connectivity index (χ0n) is 13.1. The van der Waals surface area contributed by atoms with Crippen LogP contribution in [0.1, 0.15) is 38.5 Å². The number of aliphatic imine (C=N–C) groups is 1. The van der Waals surface area contributed by atoms with Gasteiger partial charge in [0, 0.05) is 19.0 Å². The number of hydrogen-bond donors (Lipinski definition) is 2. The van der Waals surface area contributed by atoms with Gasteiger partial charge in [-0.2, -0.15) is 0 Å². The summed E-state index contributed by atoms with van der Waals surface area (Å²) >= 11 is 0. The Morgan fingerprint density at radius 3 is 2.95 bits per heavy atom. The first-order chi connectivity index (χ1) is 10.2. The van der Waals surface area contributed by atoms with Crippen molar-refractivity contribution >= 4 is 5.84 Å². The highest BCUT2D eigenvalue weighted by atomic mass is 16.3. The number of rotatable bonds is 1. The van der Waals surface area contributed by atoms with Gasteiger partial charge in [-0.3, -0.25) is 15.2 Å². The van der Waals surface area contributed by atoms with Crippen molar-refractivity contribution < 1.29 is 5.11 Å². The number of aliphatic hydroxyl groups is 1. The lowest BCUT2D eigenvalue weighted by Crippen LogP contribution is -2.54. The zero-order valence-corrected chi connectivity index (χ0v) is 13.1. The van der Waals surface area contributed by atoms with Crippen LogP contribution in [0.5, 0.6) is 0 Å². The standard InChI is InChI=1S/C16H28N4O/c1-19-7-4-13-14(19)17-11-18-15(13)20-10-16(5-2-3-6-16)8-12(20)9-21/h12-14,17,21H,2-11H2,1H3. The molecule has 0 bridgehead atoms. The van der Waals surface area contributed by atoms with E-state index in [1.165, 1.54) is 44.4 Å². The molecule has 5 nitrogen and oxygen atoms in total. The van der Waals surface area contributed by atoms with Crippen LogP contribution in [0.3, 0.4) is 0 Å². The van der Waals surface area contributed by atoms with Crippen LogP contribution in [0, 0.1) is 11.3 Å². The Labute approximate surface area is 127 Å². The molecule has 0 aromatic heterocycles. The Morgan fingerprint density at radius 2 is 2.19 bits per heavy atom. The molecule has 4 aliphatic rings. The molecule has 3 heterocycles. The molecular weight excluding hydrogens is 264 g/mol. The number of amidine groups is 1. The third-order valence-electron chi connectivity index (χ3n) is 6.31. The van der Waals surface area contributed by atoms with Gasteiger partial charge >= 0.3 is 0 Å². The number of fused-ring (bicyclic) bond motifs is 1. The predicted molar refractivity (Wildman–Crippen MR) is 83.1 cm³/mol. The van der Waals surface area contributed by atoms with Crippen molar-refractivity contribution in [2.45, 2.75) is 50.7 Å². The largest absolute Gasteiger partial charge is 0.394 e. The summed E-state index contributed by atoms with van der Waals surface area (Å²) in [6.45, 7) is 3.28. The van der Waals surface area contributed by atoms with E-state index in [0.717, 1.165) is 19.8 Å². The first-order valence-electron chi connectivity index (χ1n) is 8.58. The molecule has 3 atom stereocenters. The van der Waals surface area contributed by atoms with E-state index in [-0.39, 0.29) is 6.61 Å². The van der Waals surface area contributed by atoms with E-state index in [0.29, 0.717) is 23.5 Å². The molecule has 5 heteroatoms. The van der Waals surface area contributed by atoms with E-state index in [1.54, 1.807) is 0 Å². The third-order valence-corrected chi connectivity index (χ3v) is 6.31. The lowest BCUT2D eigenvalue weighted by atomic mass is 9.84. The van der Waals surface area contributed by atoms with Gasteiger partial charge in [0.25, 0.3) is 0 Å². The summed E-state index contributed by atoms with van der Waals surface area (Å²) in [7, 11) is 2.20. The topological polar surface area (TPSA) is 51.1 Å². The molecule has 3 unspecified atom stereocenters. The predicted octanol–water partition coefficient (Wildman–Crippen LogP) is 0.850. The van der Waals surface area contributed by atoms with Crippen LogP contribution in [0.15, 0.2) is 4.99 Å². The number of likely N-dealkylation sites (tertiary alicyclic amines) is 2. The molecule has 0 aromatic rings. The van der Waals surface area contributed by atoms with Crippen LogP contribution >= 0.6 is 0 Å². The monoisotopic (exact) mass is 292 g/mol. The van der Waals surface area contributed by atoms with Crippen LogP contribution in [0.4, 0.5) is 0 Å². The molecule has 4 rings (SSSR count). The van der Waals surface area contributed by atoms with Crippen LogP contribution in [-0.4, -0.2) is 66.4 Å². The molecule has 118 valence electrons. The summed E-state index contributed by atoms with van der Waals surface area (Å²) in [5.41, 5.74) is 0.473. The van der Waals surface area contributed by atoms with Crippen LogP contribution < -0.4 is 5.32 Å². The van der Waals surface area contributed by atoms with Crippen LogP contribution in [-0.2, 0) is 0 Å². The minimum Gasteiger partial charge on any atom is -0.394 e. The average Bonchev–Trinajstić information content (AvgIpc) is 3.20. The SMILES string of the molecule is CN1CCC2C(N3CC4(CCCC4)CC3CO)=NCNC21. The number of nitrogens with one attached hydrogen (secondary N) is 1. The van der Waals surface area contributed by atoms with Crippen molar-refractivity contribution in [2.75, 3.05) is 33.4 Å². The van der Waals surface area contributed by atoms with Gasteiger partial charge in [0.05, 0.1) is 25.5 Å². The number of aliphatic hydroxyl groups excluding tert-OH is 1. The molecule has 2 N–H and O–H groups in total. The van der Waals surface area contributed by atoms with Crippen molar-refractivity contribution in [3.63, 3.8) is 0 Å². The van der Waals surface area contributed by atoms with E-state index in [1.807, 2.05) is 0 Å². The van der Waals surface area contributed by atoms with E-state index in [9.17, 15) is 5.11 Å². The molecule has 3 fully saturated rings. The normalized spacial score (nSPS) is 39.0. The molecule has 3 aliphatic heterocycles. The van der Waals surface area contributed by atoms with E-state index >= 15 is 0 Å². The number of hydrogen-bond acceptors (Lipinski definition) is 5. The van der Waals surface area contributed by atoms with Crippen molar-refractivity contribution in [3.8, 4) is 0 Å². The molecule has 21 heavy (non-hydrogen) atoms. The summed E-state index contributed by atoms with van der Waals surface area (Å²) in [5, 5.41) is 13.4. The molecule has 0 amide bonds. The zero-order chi connectivity index (χ0) is 14.4. The molecule has 1 saturated carbocycles. The Bertz CT molecular complexity index is 432. The fourth-order valence-electron chi connectivity index (χ4n) is 5.24. The van der Waals surface area contributed by atoms with Crippen molar-refractivity contribution in [1.29, 1.82) is 0 Å². The van der Waals surface area contributed by atoms with E-state index in [4.69, 9.17) is 4.99 Å². The van der Waals surface area contributed by atoms with Crippen molar-refractivity contribution in [3.05, 3.63) is 0 Å². The fourth-order valence-corrected chi connectivity index (χ4v) is 5.24. The van der Waals surface area contributed by atoms with Crippen LogP contribution in [0.2, 0.25) is 0 Å². The number of nitrogens with zero attached hydrogens (tertiary/aromatic N) is 3. The molecule has 0 aromatic carbocycles. The van der Waals surface area contributed by atoms with Crippen molar-refractivity contribution in [1.82, 2.24) is 15.1 Å². The van der Waals surface area contributed by atoms with Gasteiger partial charge in [-0.15, -0.1) is 0 Å². The highest BCUT2D eigenvalue weighted by Gasteiger charge is 2.49. The second-order valence-corrected chi connectivity index (χ2v) is 7.57. The van der Waals surface area contributed by atoms with Gasteiger partial charge in [-0.05, 0) is 38.1 Å². The second-order valence-electron chi connectivity index (χ2n) is 7.57. The summed E-state index contributed by atoms with van der Waals surface area (Å²) in [6, 6.07) is 0.298. The smallest absolute Gasteiger partial charge is 0.107 e. The molecule has 1 spiro atoms. The van der Waals surface area contributed by atoms with Gasteiger partial charge in [0.15, 0.2) is 0 Å². The highest BCUT2D eigenvalue weighted by Crippen LogP contribution is 2.48. The highest BCUT2D eigenvalue weighted by molar-refractivity contribution is 5.87. The van der Waals surface area contributed by atoms with Gasteiger partial charge < -0.3 is 10.0 Å². The first kappa shape index (κ1) is 14.0. The second kappa shape index (κ2) is 5.21. The quantitative estimate of drug-likeness (QED) is 0.752. The Balaban J connectivity index is 1.58. The molecule has 1 aliphatic carbocycles. The van der Waals surface area contributed by atoms with Gasteiger partial charge in [0.2, 0.25) is 0 Å². The molecule has 2 saturated heterocycles. The third kappa shape index (κ3) is 2.21. The lowest BCUT2D eigenvalue weighted by molar-refractivity contribution is 0.190. The first-order valence-corrected chi connectivity index (χ1v) is 8.58. The van der Waals surface area contributed by atoms with E-state index in [2.05, 4.69) is 22.2 Å². The maximum absolute atomic E-state index is 9.88. The molecular formula is C16H28N4O. The Kier molecular flexibility index (Phi) is 3.47. The van der Waals surface area contributed by atoms with Gasteiger partial charge in [0.1, 0.15) is 5.84 Å². The summed E-state index contributed by atoms with van der Waals surface area (Å²) < 4.78 is 0. The minimum atomic E-state index is 0.279. The summed E-state index contributed by atoms with van der Waals surface area (Å²) in [4.78, 5) is 9.74. The van der Waals surface area contributed by atoms with Crippen molar-refractivity contribution in [2.24, 2.45) is 16.3 Å². The summed E-state index contributed by atoms with van der Waals surface area (Å²) in [5.74, 6) is 1.79. The summed E-state index contributed by atoms with van der Waals surface area (Å²) in [6.07, 6.45) is 8.23. The Morgan fingerprint density at radius 1 is 1.38 bits per heavy atom. The lowest BCUT2D eigenvalue weighted by Gasteiger charge is -2.37. The maximum atomic E-state index is 9.88. The minimum absolute atomic E-state index is 0.279. The average molecular weight is 292 g/mol. The van der Waals surface area contributed by atoms with Gasteiger partial charge in [-0.25, -0.2) is 0 Å².